The molecule has 0 saturated carbocycles. The van der Waals surface area contributed by atoms with E-state index in [4.69, 9.17) is 42.1 Å². The Morgan fingerprint density at radius 2 is 1.91 bits per heavy atom. The number of alkyl carbamates (subject to hydrolysis) is 1. The molecule has 0 aliphatic carbocycles. The Kier molecular flexibility index (Phi) is 8.82. The monoisotopic (exact) mass is 510 g/mol. The summed E-state index contributed by atoms with van der Waals surface area (Å²) in [6.07, 6.45) is 1.98. The number of rotatable bonds is 10. The molecule has 11 heteroatoms. The summed E-state index contributed by atoms with van der Waals surface area (Å²) in [5, 5.41) is 3.76. The van der Waals surface area contributed by atoms with Crippen LogP contribution in [-0.2, 0) is 15.9 Å². The van der Waals surface area contributed by atoms with Crippen LogP contribution >= 0.6 is 23.2 Å². The van der Waals surface area contributed by atoms with Crippen molar-refractivity contribution in [1.29, 1.82) is 0 Å². The first-order valence-electron chi connectivity index (χ1n) is 10.7. The molecule has 0 bridgehead atoms. The quantitative estimate of drug-likeness (QED) is 0.297. The van der Waals surface area contributed by atoms with Gasteiger partial charge in [-0.15, -0.1) is 0 Å². The first-order chi connectivity index (χ1) is 16.2. The molecule has 0 spiro atoms. The van der Waals surface area contributed by atoms with Gasteiger partial charge in [0.1, 0.15) is 12.2 Å². The third-order valence-electron chi connectivity index (χ3n) is 4.57. The summed E-state index contributed by atoms with van der Waals surface area (Å²) in [7, 11) is 1.52. The maximum atomic E-state index is 12.1. The molecule has 1 atom stereocenters. The number of nitrogens with zero attached hydrogens (tertiary/aromatic N) is 2. The Hall–Kier alpha value is -2.75. The first kappa shape index (κ1) is 25.9. The van der Waals surface area contributed by atoms with E-state index in [1.54, 1.807) is 20.8 Å². The van der Waals surface area contributed by atoms with Crippen LogP contribution in [-0.4, -0.2) is 59.6 Å². The molecule has 1 aromatic carbocycles. The van der Waals surface area contributed by atoms with Crippen molar-refractivity contribution >= 4 is 40.2 Å². The number of amides is 1. The molecular formula is C23H28Cl2N4O5. The van der Waals surface area contributed by atoms with Gasteiger partial charge < -0.3 is 29.2 Å². The van der Waals surface area contributed by atoms with Gasteiger partial charge in [0.15, 0.2) is 5.15 Å². The van der Waals surface area contributed by atoms with Crippen LogP contribution in [0.3, 0.4) is 0 Å². The van der Waals surface area contributed by atoms with Crippen molar-refractivity contribution in [3.63, 3.8) is 0 Å². The Morgan fingerprint density at radius 3 is 2.65 bits per heavy atom. The molecule has 1 amide bonds. The Balaban J connectivity index is 1.66. The summed E-state index contributed by atoms with van der Waals surface area (Å²) >= 11 is 12.2. The van der Waals surface area contributed by atoms with Gasteiger partial charge in [0.2, 0.25) is 11.0 Å². The molecule has 2 N–H and O–H groups in total. The molecule has 2 aromatic heterocycles. The average molecular weight is 511 g/mol. The fourth-order valence-corrected chi connectivity index (χ4v) is 3.61. The molecule has 0 aliphatic heterocycles. The number of aromatic nitrogens is 3. The standard InChI is InChI=1S/C23H28Cl2N4O5/c1-23(2,3)34-22(30)27-15(12-31-4)13-33-18-19(24)28-21(25)29-20(18)32-10-9-14-11-26-17-8-6-5-7-16(14)17/h5-8,11,15,26H,9-10,12-13H2,1-4H3,(H,27,30)/t15-/m1/s1. The fraction of sp³-hybridized carbons (Fsp3) is 0.435. The number of carbonyl (C=O) groups is 1. The van der Waals surface area contributed by atoms with Gasteiger partial charge in [-0.25, -0.2) is 9.78 Å². The lowest BCUT2D eigenvalue weighted by molar-refractivity contribution is 0.0437. The number of nitrogens with one attached hydrogen (secondary N) is 2. The van der Waals surface area contributed by atoms with Crippen LogP contribution < -0.4 is 14.8 Å². The first-order valence-corrected chi connectivity index (χ1v) is 11.4. The molecule has 0 aliphatic rings. The summed E-state index contributed by atoms with van der Waals surface area (Å²) in [4.78, 5) is 23.4. The molecule has 3 aromatic rings. The van der Waals surface area contributed by atoms with Crippen LogP contribution in [0.25, 0.3) is 10.9 Å². The minimum absolute atomic E-state index is 0.00414. The highest BCUT2D eigenvalue weighted by atomic mass is 35.5. The molecule has 34 heavy (non-hydrogen) atoms. The predicted octanol–water partition coefficient (Wildman–Crippen LogP) is 4.80. The lowest BCUT2D eigenvalue weighted by Crippen LogP contribution is -2.44. The van der Waals surface area contributed by atoms with E-state index in [-0.39, 0.29) is 35.3 Å². The van der Waals surface area contributed by atoms with Crippen molar-refractivity contribution in [2.75, 3.05) is 26.9 Å². The van der Waals surface area contributed by atoms with E-state index in [0.717, 1.165) is 16.5 Å². The number of benzene rings is 1. The minimum Gasteiger partial charge on any atom is -0.483 e. The van der Waals surface area contributed by atoms with Crippen molar-refractivity contribution < 1.29 is 23.7 Å². The van der Waals surface area contributed by atoms with Crippen molar-refractivity contribution in [3.8, 4) is 11.6 Å². The van der Waals surface area contributed by atoms with Gasteiger partial charge >= 0.3 is 6.09 Å². The Morgan fingerprint density at radius 1 is 1.15 bits per heavy atom. The van der Waals surface area contributed by atoms with E-state index in [9.17, 15) is 4.79 Å². The number of halogens is 2. The summed E-state index contributed by atoms with van der Waals surface area (Å²) < 4.78 is 22.2. The summed E-state index contributed by atoms with van der Waals surface area (Å²) in [6.45, 7) is 5.83. The van der Waals surface area contributed by atoms with E-state index in [1.165, 1.54) is 7.11 Å². The number of hydrogen-bond acceptors (Lipinski definition) is 7. The van der Waals surface area contributed by atoms with Crippen LogP contribution in [0.1, 0.15) is 26.3 Å². The van der Waals surface area contributed by atoms with E-state index < -0.39 is 17.7 Å². The van der Waals surface area contributed by atoms with Crippen LogP contribution in [0.4, 0.5) is 4.79 Å². The predicted molar refractivity (Wildman–Crippen MR) is 130 cm³/mol. The van der Waals surface area contributed by atoms with Crippen molar-refractivity contribution in [2.45, 2.75) is 38.8 Å². The highest BCUT2D eigenvalue weighted by Gasteiger charge is 2.22. The fourth-order valence-electron chi connectivity index (χ4n) is 3.19. The molecule has 184 valence electrons. The minimum atomic E-state index is -0.637. The number of ether oxygens (including phenoxy) is 4. The number of aromatic amines is 1. The van der Waals surface area contributed by atoms with Gasteiger partial charge in [0, 0.05) is 30.6 Å². The lowest BCUT2D eigenvalue weighted by Gasteiger charge is -2.23. The second-order valence-electron chi connectivity index (χ2n) is 8.49. The zero-order chi connectivity index (χ0) is 24.7. The number of fused-ring (bicyclic) bond motifs is 1. The lowest BCUT2D eigenvalue weighted by atomic mass is 10.1. The van der Waals surface area contributed by atoms with Gasteiger partial charge in [-0.3, -0.25) is 0 Å². The van der Waals surface area contributed by atoms with Crippen LogP contribution in [0.2, 0.25) is 10.4 Å². The molecule has 0 radical (unpaired) electrons. The molecule has 0 fully saturated rings. The molecule has 3 rings (SSSR count). The van der Waals surface area contributed by atoms with Crippen LogP contribution in [0.15, 0.2) is 30.5 Å². The maximum absolute atomic E-state index is 12.1. The molecule has 0 saturated heterocycles. The van der Waals surface area contributed by atoms with Gasteiger partial charge in [0.25, 0.3) is 5.88 Å². The normalized spacial score (nSPS) is 12.4. The van der Waals surface area contributed by atoms with E-state index in [2.05, 4.69) is 20.3 Å². The van der Waals surface area contributed by atoms with E-state index >= 15 is 0 Å². The third kappa shape index (κ3) is 7.38. The Labute approximate surface area is 208 Å². The zero-order valence-electron chi connectivity index (χ0n) is 19.5. The van der Waals surface area contributed by atoms with Crippen molar-refractivity contribution in [3.05, 3.63) is 46.5 Å². The molecule has 9 nitrogen and oxygen atoms in total. The van der Waals surface area contributed by atoms with E-state index in [0.29, 0.717) is 13.0 Å². The molecule has 0 unspecified atom stereocenters. The smallest absolute Gasteiger partial charge is 0.408 e. The van der Waals surface area contributed by atoms with Crippen molar-refractivity contribution in [1.82, 2.24) is 20.3 Å². The van der Waals surface area contributed by atoms with Crippen LogP contribution in [0.5, 0.6) is 11.6 Å². The van der Waals surface area contributed by atoms with Gasteiger partial charge in [-0.2, -0.15) is 4.98 Å². The SMILES string of the molecule is COC[C@H](COc1c(Cl)nc(Cl)nc1OCCc1c[nH]c2ccccc12)NC(=O)OC(C)(C)C. The van der Waals surface area contributed by atoms with Gasteiger partial charge in [0.05, 0.1) is 19.3 Å². The summed E-state index contributed by atoms with van der Waals surface area (Å²) in [5.41, 5.74) is 1.52. The number of carbonyl (C=O) groups excluding carboxylic acids is 1. The number of methoxy groups -OCH3 is 1. The maximum Gasteiger partial charge on any atom is 0.408 e. The highest BCUT2D eigenvalue weighted by Crippen LogP contribution is 2.33. The number of para-hydroxylation sites is 1. The summed E-state index contributed by atoms with van der Waals surface area (Å²) in [6, 6.07) is 7.49. The average Bonchev–Trinajstić information content (AvgIpc) is 3.15. The Bertz CT molecular complexity index is 1120. The zero-order valence-corrected chi connectivity index (χ0v) is 21.0. The van der Waals surface area contributed by atoms with Gasteiger partial charge in [-0.1, -0.05) is 29.8 Å². The topological polar surface area (TPSA) is 108 Å². The second-order valence-corrected chi connectivity index (χ2v) is 9.18. The summed E-state index contributed by atoms with van der Waals surface area (Å²) in [5.74, 6) is 0.232. The van der Waals surface area contributed by atoms with Gasteiger partial charge in [-0.05, 0) is 44.0 Å². The molecular weight excluding hydrogens is 483 g/mol. The largest absolute Gasteiger partial charge is 0.483 e. The third-order valence-corrected chi connectivity index (χ3v) is 4.99. The molecule has 2 heterocycles. The van der Waals surface area contributed by atoms with Crippen LogP contribution in [0, 0.1) is 0 Å². The highest BCUT2D eigenvalue weighted by molar-refractivity contribution is 6.33. The number of hydrogen-bond donors (Lipinski definition) is 2. The van der Waals surface area contributed by atoms with E-state index in [1.807, 2.05) is 30.5 Å². The number of H-pyrrole nitrogens is 1. The van der Waals surface area contributed by atoms with Crippen molar-refractivity contribution in [2.24, 2.45) is 0 Å². The second kappa shape index (κ2) is 11.6.